The van der Waals surface area contributed by atoms with Crippen molar-refractivity contribution in [3.63, 3.8) is 0 Å². The van der Waals surface area contributed by atoms with Gasteiger partial charge in [0, 0.05) is 30.1 Å². The molecule has 1 amide bonds. The van der Waals surface area contributed by atoms with Crippen LogP contribution in [0.15, 0.2) is 36.4 Å². The van der Waals surface area contributed by atoms with E-state index in [1.54, 1.807) is 17.0 Å². The number of ketones is 1. The number of nitrogens with zero attached hydrogens (tertiary/aromatic N) is 1. The molecular weight excluding hydrogens is 370 g/mol. The second-order valence-electron chi connectivity index (χ2n) is 7.23. The molecule has 0 bridgehead atoms. The van der Waals surface area contributed by atoms with Crippen molar-refractivity contribution in [2.45, 2.75) is 19.8 Å². The molecular formula is C23H27NO5. The summed E-state index contributed by atoms with van der Waals surface area (Å²) in [5.41, 5.74) is 2.26. The predicted molar refractivity (Wildman–Crippen MR) is 110 cm³/mol. The van der Waals surface area contributed by atoms with Gasteiger partial charge in [0.2, 0.25) is 5.75 Å². The van der Waals surface area contributed by atoms with Gasteiger partial charge in [0.1, 0.15) is 0 Å². The van der Waals surface area contributed by atoms with Gasteiger partial charge in [0.15, 0.2) is 17.3 Å². The Hall–Kier alpha value is -3.02. The van der Waals surface area contributed by atoms with Crippen LogP contribution >= 0.6 is 0 Å². The molecule has 6 heteroatoms. The fraction of sp³-hybridized carbons (Fsp3) is 0.391. The second kappa shape index (κ2) is 8.99. The van der Waals surface area contributed by atoms with E-state index in [4.69, 9.17) is 14.2 Å². The molecule has 1 aliphatic heterocycles. The van der Waals surface area contributed by atoms with Crippen LogP contribution in [0.2, 0.25) is 0 Å². The average Bonchev–Trinajstić information content (AvgIpc) is 2.77. The Morgan fingerprint density at radius 3 is 2.10 bits per heavy atom. The van der Waals surface area contributed by atoms with Crippen molar-refractivity contribution in [3.05, 3.63) is 53.1 Å². The van der Waals surface area contributed by atoms with Gasteiger partial charge in [-0.05, 0) is 31.9 Å². The van der Waals surface area contributed by atoms with E-state index in [2.05, 4.69) is 0 Å². The number of amides is 1. The first-order chi connectivity index (χ1) is 14.0. The topological polar surface area (TPSA) is 65.1 Å². The number of hydrogen-bond acceptors (Lipinski definition) is 5. The van der Waals surface area contributed by atoms with E-state index < -0.39 is 0 Å². The molecule has 0 N–H and O–H groups in total. The summed E-state index contributed by atoms with van der Waals surface area (Å²) in [6.45, 7) is 3.02. The molecule has 0 spiro atoms. The molecule has 0 aliphatic carbocycles. The second-order valence-corrected chi connectivity index (χ2v) is 7.23. The summed E-state index contributed by atoms with van der Waals surface area (Å²) < 4.78 is 16.0. The molecule has 2 aromatic rings. The highest BCUT2D eigenvalue weighted by molar-refractivity contribution is 5.99. The maximum atomic E-state index is 13.1. The van der Waals surface area contributed by atoms with Crippen LogP contribution < -0.4 is 14.2 Å². The summed E-state index contributed by atoms with van der Waals surface area (Å²) in [7, 11) is 4.55. The minimum Gasteiger partial charge on any atom is -0.493 e. The number of ether oxygens (including phenoxy) is 3. The van der Waals surface area contributed by atoms with Gasteiger partial charge in [-0.3, -0.25) is 9.59 Å². The van der Waals surface area contributed by atoms with Gasteiger partial charge in [-0.25, -0.2) is 0 Å². The molecule has 29 heavy (non-hydrogen) atoms. The van der Waals surface area contributed by atoms with E-state index in [-0.39, 0.29) is 17.6 Å². The van der Waals surface area contributed by atoms with Crippen LogP contribution in [0.1, 0.15) is 39.1 Å². The van der Waals surface area contributed by atoms with Crippen molar-refractivity contribution in [2.24, 2.45) is 5.92 Å². The Bertz CT molecular complexity index is 866. The monoisotopic (exact) mass is 397 g/mol. The minimum absolute atomic E-state index is 0.0902. The number of carbonyl (C=O) groups excluding carboxylic acids is 2. The first kappa shape index (κ1) is 20.7. The Morgan fingerprint density at radius 1 is 0.931 bits per heavy atom. The maximum absolute atomic E-state index is 13.1. The van der Waals surface area contributed by atoms with E-state index in [0.29, 0.717) is 41.5 Å². The number of hydrogen-bond donors (Lipinski definition) is 0. The van der Waals surface area contributed by atoms with Crippen LogP contribution in [0, 0.1) is 12.8 Å². The van der Waals surface area contributed by atoms with Gasteiger partial charge in [0.25, 0.3) is 5.91 Å². The summed E-state index contributed by atoms with van der Waals surface area (Å²) >= 11 is 0. The highest BCUT2D eigenvalue weighted by Gasteiger charge is 2.30. The molecule has 1 heterocycles. The van der Waals surface area contributed by atoms with Gasteiger partial charge in [-0.2, -0.15) is 0 Å². The number of Topliss-reactive ketones (excluding diaryl/α,β-unsaturated/α-hetero) is 1. The zero-order chi connectivity index (χ0) is 21.0. The molecule has 1 saturated heterocycles. The van der Waals surface area contributed by atoms with Crippen molar-refractivity contribution in [1.82, 2.24) is 4.90 Å². The van der Waals surface area contributed by atoms with Crippen molar-refractivity contribution < 1.29 is 23.8 Å². The summed E-state index contributed by atoms with van der Waals surface area (Å²) in [6, 6.07) is 10.9. The van der Waals surface area contributed by atoms with Crippen LogP contribution in [-0.2, 0) is 0 Å². The first-order valence-electron chi connectivity index (χ1n) is 9.68. The third kappa shape index (κ3) is 4.36. The molecule has 6 nitrogen and oxygen atoms in total. The van der Waals surface area contributed by atoms with Crippen LogP contribution in [0.25, 0.3) is 0 Å². The van der Waals surface area contributed by atoms with E-state index in [1.165, 1.54) is 21.3 Å². The molecule has 1 unspecified atom stereocenters. The highest BCUT2D eigenvalue weighted by Crippen LogP contribution is 2.38. The zero-order valence-electron chi connectivity index (χ0n) is 17.4. The van der Waals surface area contributed by atoms with Crippen LogP contribution in [0.3, 0.4) is 0 Å². The number of carbonyl (C=O) groups is 2. The number of rotatable bonds is 6. The van der Waals surface area contributed by atoms with Crippen LogP contribution in [-0.4, -0.2) is 51.0 Å². The third-order valence-corrected chi connectivity index (χ3v) is 5.33. The normalized spacial score (nSPS) is 16.3. The third-order valence-electron chi connectivity index (χ3n) is 5.33. The van der Waals surface area contributed by atoms with E-state index >= 15 is 0 Å². The highest BCUT2D eigenvalue weighted by atomic mass is 16.5. The Morgan fingerprint density at radius 2 is 1.55 bits per heavy atom. The smallest absolute Gasteiger partial charge is 0.254 e. The Balaban J connectivity index is 1.81. The summed E-state index contributed by atoms with van der Waals surface area (Å²) in [4.78, 5) is 27.8. The lowest BCUT2D eigenvalue weighted by atomic mass is 9.89. The number of benzene rings is 2. The van der Waals surface area contributed by atoms with Crippen molar-refractivity contribution in [2.75, 3.05) is 34.4 Å². The first-order valence-corrected chi connectivity index (χ1v) is 9.68. The summed E-state index contributed by atoms with van der Waals surface area (Å²) in [6.07, 6.45) is 1.57. The van der Waals surface area contributed by atoms with E-state index in [0.717, 1.165) is 18.4 Å². The Kier molecular flexibility index (Phi) is 6.42. The Labute approximate surface area is 171 Å². The molecule has 0 aromatic heterocycles. The van der Waals surface area contributed by atoms with Gasteiger partial charge in [-0.1, -0.05) is 29.8 Å². The number of piperidine rings is 1. The lowest BCUT2D eigenvalue weighted by Gasteiger charge is -2.32. The predicted octanol–water partition coefficient (Wildman–Crippen LogP) is 3.76. The van der Waals surface area contributed by atoms with Gasteiger partial charge in [0.05, 0.1) is 21.3 Å². The SMILES string of the molecule is COc1cc(C(=O)N2CCCC(C(=O)c3ccc(C)cc3)C2)cc(OC)c1OC. The molecule has 3 rings (SSSR count). The lowest BCUT2D eigenvalue weighted by molar-refractivity contribution is 0.0636. The lowest BCUT2D eigenvalue weighted by Crippen LogP contribution is -2.42. The van der Waals surface area contributed by atoms with Gasteiger partial charge < -0.3 is 19.1 Å². The average molecular weight is 397 g/mol. The van der Waals surface area contributed by atoms with Crippen LogP contribution in [0.4, 0.5) is 0 Å². The van der Waals surface area contributed by atoms with E-state index in [1.807, 2.05) is 31.2 Å². The molecule has 1 atom stereocenters. The molecule has 2 aromatic carbocycles. The number of aryl methyl sites for hydroxylation is 1. The van der Waals surface area contributed by atoms with Crippen molar-refractivity contribution >= 4 is 11.7 Å². The number of methoxy groups -OCH3 is 3. The standard InChI is InChI=1S/C23H27NO5/c1-15-7-9-16(10-8-15)21(25)17-6-5-11-24(14-17)23(26)18-12-19(27-2)22(29-4)20(13-18)28-3/h7-10,12-13,17H,5-6,11,14H2,1-4H3. The zero-order valence-corrected chi connectivity index (χ0v) is 17.4. The molecule has 0 radical (unpaired) electrons. The molecule has 1 fully saturated rings. The fourth-order valence-electron chi connectivity index (χ4n) is 3.72. The van der Waals surface area contributed by atoms with Crippen molar-refractivity contribution in [1.29, 1.82) is 0 Å². The van der Waals surface area contributed by atoms with Gasteiger partial charge in [-0.15, -0.1) is 0 Å². The van der Waals surface area contributed by atoms with Crippen molar-refractivity contribution in [3.8, 4) is 17.2 Å². The quantitative estimate of drug-likeness (QED) is 0.695. The summed E-state index contributed by atoms with van der Waals surface area (Å²) in [5.74, 6) is 1.05. The largest absolute Gasteiger partial charge is 0.493 e. The molecule has 154 valence electrons. The van der Waals surface area contributed by atoms with Gasteiger partial charge >= 0.3 is 0 Å². The van der Waals surface area contributed by atoms with E-state index in [9.17, 15) is 9.59 Å². The fourth-order valence-corrected chi connectivity index (χ4v) is 3.72. The maximum Gasteiger partial charge on any atom is 0.254 e. The molecule has 1 aliphatic rings. The number of likely N-dealkylation sites (tertiary alicyclic amines) is 1. The summed E-state index contributed by atoms with van der Waals surface area (Å²) in [5, 5.41) is 0. The molecule has 0 saturated carbocycles. The minimum atomic E-state index is -0.197. The van der Waals surface area contributed by atoms with Crippen LogP contribution in [0.5, 0.6) is 17.2 Å².